The minimum atomic E-state index is -0.535. The van der Waals surface area contributed by atoms with Gasteiger partial charge in [0.15, 0.2) is 0 Å². The van der Waals surface area contributed by atoms with Crippen molar-refractivity contribution in [2.75, 3.05) is 53.2 Å². The lowest BCUT2D eigenvalue weighted by Gasteiger charge is -2.16. The fraction of sp³-hybridized carbons (Fsp3) is 1.00. The molecule has 0 aliphatic carbocycles. The maximum atomic E-state index is 9.56. The zero-order valence-electron chi connectivity index (χ0n) is 10.7. The van der Waals surface area contributed by atoms with Gasteiger partial charge < -0.3 is 29.7 Å². The zero-order valence-corrected chi connectivity index (χ0v) is 10.7. The van der Waals surface area contributed by atoms with Crippen molar-refractivity contribution in [3.8, 4) is 0 Å². The van der Waals surface area contributed by atoms with E-state index < -0.39 is 6.10 Å². The normalized spacial score (nSPS) is 14.8. The van der Waals surface area contributed by atoms with Crippen LogP contribution in [0.1, 0.15) is 6.92 Å². The number of hydrogen-bond donors (Lipinski definition) is 3. The van der Waals surface area contributed by atoms with E-state index >= 15 is 0 Å². The highest BCUT2D eigenvalue weighted by atomic mass is 16.5. The quantitative estimate of drug-likeness (QED) is 0.386. The predicted octanol–water partition coefficient (Wildman–Crippen LogP) is -1.00. The van der Waals surface area contributed by atoms with Gasteiger partial charge in [-0.2, -0.15) is 0 Å². The van der Waals surface area contributed by atoms with Crippen molar-refractivity contribution in [1.29, 1.82) is 0 Å². The largest absolute Gasteiger partial charge is 0.394 e. The third-order valence-electron chi connectivity index (χ3n) is 2.01. The summed E-state index contributed by atoms with van der Waals surface area (Å²) in [5.74, 6) is 0. The summed E-state index contributed by atoms with van der Waals surface area (Å²) in [5.41, 5.74) is 0. The fourth-order valence-electron chi connectivity index (χ4n) is 1.20. The van der Waals surface area contributed by atoms with Gasteiger partial charge >= 0.3 is 0 Å². The molecule has 0 aliphatic heterocycles. The number of ether oxygens (including phenoxy) is 3. The summed E-state index contributed by atoms with van der Waals surface area (Å²) in [7, 11) is 1.62. The van der Waals surface area contributed by atoms with E-state index in [1.54, 1.807) is 7.11 Å². The van der Waals surface area contributed by atoms with E-state index in [1.165, 1.54) is 0 Å². The number of aliphatic hydroxyl groups excluding tert-OH is 2. The van der Waals surface area contributed by atoms with Gasteiger partial charge in [-0.1, -0.05) is 0 Å². The summed E-state index contributed by atoms with van der Waals surface area (Å²) in [6, 6.07) is 0. The molecule has 0 saturated carbocycles. The van der Waals surface area contributed by atoms with Crippen LogP contribution in [-0.4, -0.2) is 75.7 Å². The second-order valence-corrected chi connectivity index (χ2v) is 3.79. The topological polar surface area (TPSA) is 80.2 Å². The van der Waals surface area contributed by atoms with Gasteiger partial charge in [-0.25, -0.2) is 0 Å². The van der Waals surface area contributed by atoms with Crippen molar-refractivity contribution in [2.45, 2.75) is 19.1 Å². The molecule has 3 N–H and O–H groups in total. The van der Waals surface area contributed by atoms with E-state index in [0.29, 0.717) is 32.9 Å². The van der Waals surface area contributed by atoms with Crippen LogP contribution in [0.2, 0.25) is 0 Å². The second kappa shape index (κ2) is 12.2. The summed E-state index contributed by atoms with van der Waals surface area (Å²) in [6.45, 7) is 4.72. The van der Waals surface area contributed by atoms with Gasteiger partial charge in [-0.05, 0) is 6.92 Å². The molecule has 0 aromatic heterocycles. The SMILES string of the molecule is COCC(C)OCC(O)CNCCOCCO. The number of methoxy groups -OCH3 is 1. The molecule has 0 bridgehead atoms. The Hall–Kier alpha value is -0.240. The predicted molar refractivity (Wildman–Crippen MR) is 64.1 cm³/mol. The van der Waals surface area contributed by atoms with Gasteiger partial charge in [0.05, 0.1) is 45.2 Å². The van der Waals surface area contributed by atoms with Crippen LogP contribution in [0.4, 0.5) is 0 Å². The lowest BCUT2D eigenvalue weighted by atomic mass is 10.3. The van der Waals surface area contributed by atoms with Gasteiger partial charge in [0.2, 0.25) is 0 Å². The summed E-state index contributed by atoms with van der Waals surface area (Å²) in [4.78, 5) is 0. The molecule has 0 saturated heterocycles. The maximum Gasteiger partial charge on any atom is 0.0897 e. The summed E-state index contributed by atoms with van der Waals surface area (Å²) >= 11 is 0. The first-order valence-electron chi connectivity index (χ1n) is 5.88. The standard InChI is InChI=1S/C11H25NO5/c1-10(8-15-2)17-9-11(14)7-12-3-5-16-6-4-13/h10-14H,3-9H2,1-2H3. The van der Waals surface area contributed by atoms with Crippen LogP contribution < -0.4 is 5.32 Å². The molecule has 0 rings (SSSR count). The van der Waals surface area contributed by atoms with Crippen LogP contribution in [0.15, 0.2) is 0 Å². The minimum Gasteiger partial charge on any atom is -0.394 e. The maximum absolute atomic E-state index is 9.56. The lowest BCUT2D eigenvalue weighted by Crippen LogP contribution is -2.34. The highest BCUT2D eigenvalue weighted by molar-refractivity contribution is 4.59. The number of hydrogen-bond acceptors (Lipinski definition) is 6. The Morgan fingerprint density at radius 2 is 2.00 bits per heavy atom. The van der Waals surface area contributed by atoms with E-state index in [9.17, 15) is 5.11 Å². The average molecular weight is 251 g/mol. The molecule has 0 fully saturated rings. The number of rotatable bonds is 12. The van der Waals surface area contributed by atoms with Gasteiger partial charge in [-0.15, -0.1) is 0 Å². The summed E-state index contributed by atoms with van der Waals surface area (Å²) < 4.78 is 15.3. The molecular weight excluding hydrogens is 226 g/mol. The van der Waals surface area contributed by atoms with Crippen LogP contribution in [-0.2, 0) is 14.2 Å². The molecule has 6 heteroatoms. The highest BCUT2D eigenvalue weighted by Crippen LogP contribution is 1.93. The van der Waals surface area contributed by atoms with Crippen LogP contribution in [0.5, 0.6) is 0 Å². The van der Waals surface area contributed by atoms with Crippen molar-refractivity contribution < 1.29 is 24.4 Å². The van der Waals surface area contributed by atoms with Crippen molar-refractivity contribution in [1.82, 2.24) is 5.32 Å². The molecule has 0 radical (unpaired) electrons. The molecule has 6 nitrogen and oxygen atoms in total. The minimum absolute atomic E-state index is 0.0115. The fourth-order valence-corrected chi connectivity index (χ4v) is 1.20. The smallest absolute Gasteiger partial charge is 0.0897 e. The summed E-state index contributed by atoms with van der Waals surface area (Å²) in [6.07, 6.45) is -0.547. The van der Waals surface area contributed by atoms with E-state index in [0.717, 1.165) is 0 Å². The first-order chi connectivity index (χ1) is 8.20. The van der Waals surface area contributed by atoms with Crippen molar-refractivity contribution in [2.24, 2.45) is 0 Å². The van der Waals surface area contributed by atoms with Gasteiger partial charge in [-0.3, -0.25) is 0 Å². The Morgan fingerprint density at radius 3 is 2.65 bits per heavy atom. The molecular formula is C11H25NO5. The molecule has 17 heavy (non-hydrogen) atoms. The Kier molecular flexibility index (Phi) is 12.1. The second-order valence-electron chi connectivity index (χ2n) is 3.79. The molecule has 0 heterocycles. The van der Waals surface area contributed by atoms with Crippen LogP contribution in [0.3, 0.4) is 0 Å². The van der Waals surface area contributed by atoms with E-state index in [2.05, 4.69) is 5.32 Å². The van der Waals surface area contributed by atoms with E-state index in [-0.39, 0.29) is 19.3 Å². The van der Waals surface area contributed by atoms with Gasteiger partial charge in [0.25, 0.3) is 0 Å². The molecule has 0 aliphatic rings. The summed E-state index contributed by atoms with van der Waals surface area (Å²) in [5, 5.41) is 21.1. The molecule has 0 amide bonds. The third kappa shape index (κ3) is 12.0. The Morgan fingerprint density at radius 1 is 1.24 bits per heavy atom. The Bertz CT molecular complexity index is 159. The molecule has 0 spiro atoms. The highest BCUT2D eigenvalue weighted by Gasteiger charge is 2.07. The molecule has 104 valence electrons. The van der Waals surface area contributed by atoms with Gasteiger partial charge in [0, 0.05) is 20.2 Å². The Balaban J connectivity index is 3.25. The zero-order chi connectivity index (χ0) is 12.9. The first kappa shape index (κ1) is 16.8. The molecule has 0 aromatic rings. The van der Waals surface area contributed by atoms with Crippen molar-refractivity contribution >= 4 is 0 Å². The van der Waals surface area contributed by atoms with E-state index in [1.807, 2.05) is 6.92 Å². The number of nitrogens with one attached hydrogen (secondary N) is 1. The van der Waals surface area contributed by atoms with Crippen molar-refractivity contribution in [3.05, 3.63) is 0 Å². The molecule has 2 unspecified atom stereocenters. The average Bonchev–Trinajstić information content (AvgIpc) is 2.31. The Labute approximate surface area is 103 Å². The van der Waals surface area contributed by atoms with Gasteiger partial charge in [0.1, 0.15) is 0 Å². The monoisotopic (exact) mass is 251 g/mol. The first-order valence-corrected chi connectivity index (χ1v) is 5.88. The van der Waals surface area contributed by atoms with Crippen LogP contribution in [0, 0.1) is 0 Å². The van der Waals surface area contributed by atoms with Crippen LogP contribution >= 0.6 is 0 Å². The number of aliphatic hydroxyl groups is 2. The van der Waals surface area contributed by atoms with Crippen molar-refractivity contribution in [3.63, 3.8) is 0 Å². The molecule has 2 atom stereocenters. The van der Waals surface area contributed by atoms with E-state index in [4.69, 9.17) is 19.3 Å². The lowest BCUT2D eigenvalue weighted by molar-refractivity contribution is -0.0313. The molecule has 0 aromatic carbocycles. The third-order valence-corrected chi connectivity index (χ3v) is 2.01. The van der Waals surface area contributed by atoms with Crippen LogP contribution in [0.25, 0.3) is 0 Å².